The lowest BCUT2D eigenvalue weighted by Gasteiger charge is -2.12. The second-order valence-electron chi connectivity index (χ2n) is 7.85. The van der Waals surface area contributed by atoms with Crippen LogP contribution in [0, 0.1) is 11.8 Å². The molecular weight excluding hydrogens is 354 g/mol. The molecule has 4 atom stereocenters. The number of carbonyl (C=O) groups is 2. The summed E-state index contributed by atoms with van der Waals surface area (Å²) < 4.78 is 5.81. The van der Waals surface area contributed by atoms with E-state index in [0.717, 1.165) is 29.7 Å². The summed E-state index contributed by atoms with van der Waals surface area (Å²) in [7, 11) is 0. The molecule has 0 aromatic heterocycles. The van der Waals surface area contributed by atoms with Crippen molar-refractivity contribution in [1.82, 2.24) is 5.32 Å². The smallest absolute Gasteiger partial charge is 0.306 e. The topological polar surface area (TPSA) is 75.6 Å². The van der Waals surface area contributed by atoms with Gasteiger partial charge in [0, 0.05) is 12.0 Å². The molecule has 0 spiro atoms. The molecule has 0 bridgehead atoms. The highest BCUT2D eigenvalue weighted by molar-refractivity contribution is 5.83. The van der Waals surface area contributed by atoms with Gasteiger partial charge in [0.05, 0.1) is 5.92 Å². The average molecular weight is 379 g/mol. The zero-order valence-electron chi connectivity index (χ0n) is 15.7. The van der Waals surface area contributed by atoms with Gasteiger partial charge < -0.3 is 15.2 Å². The van der Waals surface area contributed by atoms with Crippen molar-refractivity contribution in [3.63, 3.8) is 0 Å². The summed E-state index contributed by atoms with van der Waals surface area (Å²) in [4.78, 5) is 23.5. The third kappa shape index (κ3) is 4.35. The quantitative estimate of drug-likeness (QED) is 0.768. The molecule has 2 N–H and O–H groups in total. The fourth-order valence-electron chi connectivity index (χ4n) is 4.05. The molecule has 5 nitrogen and oxygen atoms in total. The maximum absolute atomic E-state index is 12.5. The standard InChI is InChI=1S/C23H25NO4/c25-22(24-18-9-6-17(12-18)23(26)27)21-13-20(21)16-7-10-19(11-8-16)28-14-15-4-2-1-3-5-15/h1-5,7-8,10-11,17-18,20-21H,6,9,12-14H2,(H,24,25)(H,26,27)/t17-,18+,20?,21?/m0/s1. The maximum atomic E-state index is 12.5. The lowest BCUT2D eigenvalue weighted by atomic mass is 10.1. The molecular formula is C23H25NO4. The summed E-state index contributed by atoms with van der Waals surface area (Å²) in [6.07, 6.45) is 2.81. The molecule has 2 aromatic carbocycles. The molecule has 146 valence electrons. The second-order valence-corrected chi connectivity index (χ2v) is 7.85. The van der Waals surface area contributed by atoms with Crippen molar-refractivity contribution < 1.29 is 19.4 Å². The van der Waals surface area contributed by atoms with Gasteiger partial charge in [-0.2, -0.15) is 0 Å². The Bertz CT molecular complexity index is 833. The molecule has 0 heterocycles. The highest BCUT2D eigenvalue weighted by Gasteiger charge is 2.45. The number of hydrogen-bond donors (Lipinski definition) is 2. The van der Waals surface area contributed by atoms with Gasteiger partial charge in [-0.3, -0.25) is 9.59 Å². The first-order valence-corrected chi connectivity index (χ1v) is 9.90. The largest absolute Gasteiger partial charge is 0.489 e. The number of carboxylic acids is 1. The van der Waals surface area contributed by atoms with Crippen molar-refractivity contribution in [3.05, 3.63) is 65.7 Å². The van der Waals surface area contributed by atoms with Crippen LogP contribution >= 0.6 is 0 Å². The minimum Gasteiger partial charge on any atom is -0.489 e. The third-order valence-electron chi connectivity index (χ3n) is 5.81. The first kappa shape index (κ1) is 18.5. The van der Waals surface area contributed by atoms with E-state index in [9.17, 15) is 9.59 Å². The van der Waals surface area contributed by atoms with E-state index in [-0.39, 0.29) is 29.7 Å². The van der Waals surface area contributed by atoms with Crippen LogP contribution in [0.2, 0.25) is 0 Å². The van der Waals surface area contributed by atoms with Crippen LogP contribution in [0.4, 0.5) is 0 Å². The normalized spacial score (nSPS) is 25.9. The van der Waals surface area contributed by atoms with Crippen LogP contribution in [0.15, 0.2) is 54.6 Å². The number of ether oxygens (including phenoxy) is 1. The minimum atomic E-state index is -0.754. The highest BCUT2D eigenvalue weighted by atomic mass is 16.5. The Balaban J connectivity index is 1.25. The van der Waals surface area contributed by atoms with Crippen molar-refractivity contribution in [1.29, 1.82) is 0 Å². The van der Waals surface area contributed by atoms with Crippen LogP contribution in [0.25, 0.3) is 0 Å². The van der Waals surface area contributed by atoms with Gasteiger partial charge in [-0.1, -0.05) is 42.5 Å². The molecule has 0 aliphatic heterocycles. The van der Waals surface area contributed by atoms with Crippen LogP contribution in [0.3, 0.4) is 0 Å². The van der Waals surface area contributed by atoms with Crippen molar-refractivity contribution in [2.24, 2.45) is 11.8 Å². The van der Waals surface area contributed by atoms with E-state index in [2.05, 4.69) is 5.32 Å². The Morgan fingerprint density at radius 2 is 1.75 bits per heavy atom. The van der Waals surface area contributed by atoms with E-state index in [1.165, 1.54) is 0 Å². The van der Waals surface area contributed by atoms with Crippen LogP contribution in [-0.4, -0.2) is 23.0 Å². The molecule has 0 radical (unpaired) electrons. The third-order valence-corrected chi connectivity index (χ3v) is 5.81. The van der Waals surface area contributed by atoms with E-state index < -0.39 is 5.97 Å². The van der Waals surface area contributed by atoms with Crippen molar-refractivity contribution in [3.8, 4) is 5.75 Å². The predicted molar refractivity (Wildman–Crippen MR) is 105 cm³/mol. The molecule has 28 heavy (non-hydrogen) atoms. The molecule has 2 saturated carbocycles. The summed E-state index contributed by atoms with van der Waals surface area (Å²) in [5.74, 6) is 0.0597. The average Bonchev–Trinajstić information content (AvgIpc) is 3.38. The van der Waals surface area contributed by atoms with E-state index in [1.54, 1.807) is 0 Å². The van der Waals surface area contributed by atoms with Crippen molar-refractivity contribution in [2.75, 3.05) is 0 Å². The van der Waals surface area contributed by atoms with Crippen molar-refractivity contribution in [2.45, 2.75) is 44.2 Å². The first-order chi connectivity index (χ1) is 13.6. The molecule has 2 unspecified atom stereocenters. The summed E-state index contributed by atoms with van der Waals surface area (Å²) in [5, 5.41) is 12.1. The number of carboxylic acid groups (broad SMARTS) is 1. The zero-order valence-corrected chi connectivity index (χ0v) is 15.7. The van der Waals surface area contributed by atoms with Gasteiger partial charge >= 0.3 is 5.97 Å². The number of hydrogen-bond acceptors (Lipinski definition) is 3. The van der Waals surface area contributed by atoms with Gasteiger partial charge in [0.25, 0.3) is 0 Å². The Morgan fingerprint density at radius 3 is 2.43 bits per heavy atom. The lowest BCUT2D eigenvalue weighted by Crippen LogP contribution is -2.34. The Morgan fingerprint density at radius 1 is 1.00 bits per heavy atom. The van der Waals surface area contributed by atoms with Gasteiger partial charge in [0.2, 0.25) is 5.91 Å². The van der Waals surface area contributed by atoms with Crippen molar-refractivity contribution >= 4 is 11.9 Å². The molecule has 2 aliphatic rings. The SMILES string of the molecule is O=C(N[C@@H]1CC[C@H](C(=O)O)C1)C1CC1c1ccc(OCc2ccccc2)cc1. The molecule has 0 saturated heterocycles. The van der Waals surface area contributed by atoms with Crippen LogP contribution < -0.4 is 10.1 Å². The summed E-state index contributed by atoms with van der Waals surface area (Å²) >= 11 is 0. The van der Waals surface area contributed by atoms with Crippen LogP contribution in [-0.2, 0) is 16.2 Å². The summed E-state index contributed by atoms with van der Waals surface area (Å²) in [6.45, 7) is 0.535. The summed E-state index contributed by atoms with van der Waals surface area (Å²) in [6, 6.07) is 18.0. The van der Waals surface area contributed by atoms with Gasteiger partial charge in [0.15, 0.2) is 0 Å². The van der Waals surface area contributed by atoms with Crippen LogP contribution in [0.5, 0.6) is 5.75 Å². The fourth-order valence-corrected chi connectivity index (χ4v) is 4.05. The van der Waals surface area contributed by atoms with Crippen LogP contribution in [0.1, 0.15) is 42.7 Å². The number of rotatable bonds is 7. The van der Waals surface area contributed by atoms with Gasteiger partial charge in [-0.25, -0.2) is 0 Å². The number of benzene rings is 2. The number of amides is 1. The highest BCUT2D eigenvalue weighted by Crippen LogP contribution is 2.48. The van der Waals surface area contributed by atoms with Gasteiger partial charge in [-0.05, 0) is 54.9 Å². The first-order valence-electron chi connectivity index (χ1n) is 9.90. The molecule has 4 rings (SSSR count). The number of nitrogens with one attached hydrogen (secondary N) is 1. The number of aliphatic carboxylic acids is 1. The zero-order chi connectivity index (χ0) is 19.5. The van der Waals surface area contributed by atoms with E-state index in [4.69, 9.17) is 9.84 Å². The molecule has 2 aliphatic carbocycles. The fraction of sp³-hybridized carbons (Fsp3) is 0.391. The Labute approximate surface area is 164 Å². The lowest BCUT2D eigenvalue weighted by molar-refractivity contribution is -0.141. The van der Waals surface area contributed by atoms with E-state index in [0.29, 0.717) is 19.4 Å². The predicted octanol–water partition coefficient (Wildman–Crippen LogP) is 3.74. The van der Waals surface area contributed by atoms with Gasteiger partial charge in [-0.15, -0.1) is 0 Å². The molecule has 1 amide bonds. The number of carbonyl (C=O) groups excluding carboxylic acids is 1. The van der Waals surface area contributed by atoms with Gasteiger partial charge in [0.1, 0.15) is 12.4 Å². The molecule has 2 aromatic rings. The Hall–Kier alpha value is -2.82. The summed E-state index contributed by atoms with van der Waals surface area (Å²) in [5.41, 5.74) is 2.28. The minimum absolute atomic E-state index is 0.0000322. The van der Waals surface area contributed by atoms with E-state index in [1.807, 2.05) is 54.6 Å². The molecule has 2 fully saturated rings. The monoisotopic (exact) mass is 379 g/mol. The maximum Gasteiger partial charge on any atom is 0.306 e. The van der Waals surface area contributed by atoms with E-state index >= 15 is 0 Å². The Kier molecular flexibility index (Phi) is 5.33. The second kappa shape index (κ2) is 8.05. The molecule has 5 heteroatoms.